The van der Waals surface area contributed by atoms with Gasteiger partial charge in [-0.2, -0.15) is 0 Å². The molecule has 3 rings (SSSR count). The lowest BCUT2D eigenvalue weighted by molar-refractivity contribution is -0.862. The van der Waals surface area contributed by atoms with Crippen molar-refractivity contribution in [2.45, 2.75) is 30.3 Å². The minimum absolute atomic E-state index is 0.0862. The second-order valence-corrected chi connectivity index (χ2v) is 8.51. The third-order valence-electron chi connectivity index (χ3n) is 5.12. The predicted molar refractivity (Wildman–Crippen MR) is 120 cm³/mol. The number of benzene rings is 2. The van der Waals surface area contributed by atoms with Gasteiger partial charge in [-0.05, 0) is 48.9 Å². The summed E-state index contributed by atoms with van der Waals surface area (Å²) in [6.07, 6.45) is 4.08. The minimum atomic E-state index is -0.0880. The summed E-state index contributed by atoms with van der Waals surface area (Å²) in [4.78, 5) is 29.3. The standard InChI is InChI=1S/C23H29N3O3S/c1-25(15-22(27)24-20-6-4-5-7-21(20)30-3)16-23(28)26(18-10-11-18)14-17-8-12-19(29-2)13-9-17/h4-9,12-13,18H,10-11,14-16H2,1-3H3,(H,24,27)/p+1. The van der Waals surface area contributed by atoms with Crippen molar-refractivity contribution in [2.75, 3.05) is 38.8 Å². The van der Waals surface area contributed by atoms with Gasteiger partial charge in [-0.25, -0.2) is 0 Å². The Bertz CT molecular complexity index is 868. The van der Waals surface area contributed by atoms with Crippen LogP contribution in [0.5, 0.6) is 5.75 Å². The molecule has 6 nitrogen and oxygen atoms in total. The van der Waals surface area contributed by atoms with Crippen LogP contribution in [0.3, 0.4) is 0 Å². The smallest absolute Gasteiger partial charge is 0.279 e. The van der Waals surface area contributed by atoms with Gasteiger partial charge in [0, 0.05) is 17.5 Å². The maximum Gasteiger partial charge on any atom is 0.279 e. The summed E-state index contributed by atoms with van der Waals surface area (Å²) < 4.78 is 5.21. The van der Waals surface area contributed by atoms with Crippen LogP contribution in [0.2, 0.25) is 0 Å². The fraction of sp³-hybridized carbons (Fsp3) is 0.391. The van der Waals surface area contributed by atoms with E-state index < -0.39 is 0 Å². The molecular formula is C23H30N3O3S+. The Morgan fingerprint density at radius 3 is 2.47 bits per heavy atom. The highest BCUT2D eigenvalue weighted by atomic mass is 32.2. The predicted octanol–water partition coefficient (Wildman–Crippen LogP) is 2.06. The highest BCUT2D eigenvalue weighted by molar-refractivity contribution is 7.98. The number of ether oxygens (including phenoxy) is 1. The van der Waals surface area contributed by atoms with E-state index in [2.05, 4.69) is 5.32 Å². The molecular weight excluding hydrogens is 398 g/mol. The van der Waals surface area contributed by atoms with E-state index in [9.17, 15) is 9.59 Å². The van der Waals surface area contributed by atoms with Crippen molar-refractivity contribution in [3.63, 3.8) is 0 Å². The van der Waals surface area contributed by atoms with Crippen LogP contribution in [0, 0.1) is 0 Å². The van der Waals surface area contributed by atoms with Gasteiger partial charge < -0.3 is 19.9 Å². The number of nitrogens with one attached hydrogen (secondary N) is 2. The zero-order valence-electron chi connectivity index (χ0n) is 17.8. The molecule has 2 aromatic carbocycles. The number of nitrogens with zero attached hydrogens (tertiary/aromatic N) is 1. The summed E-state index contributed by atoms with van der Waals surface area (Å²) in [5, 5.41) is 2.96. The maximum absolute atomic E-state index is 12.9. The fourth-order valence-corrected chi connectivity index (χ4v) is 3.93. The molecule has 0 aromatic heterocycles. The van der Waals surface area contributed by atoms with Gasteiger partial charge in [-0.1, -0.05) is 24.3 Å². The molecule has 1 aliphatic carbocycles. The summed E-state index contributed by atoms with van der Waals surface area (Å²) in [5.74, 6) is 0.805. The molecule has 0 saturated heterocycles. The summed E-state index contributed by atoms with van der Waals surface area (Å²) in [6, 6.07) is 15.9. The Kier molecular flexibility index (Phi) is 7.76. The first-order chi connectivity index (χ1) is 14.5. The number of likely N-dealkylation sites (N-methyl/N-ethyl adjacent to an activating group) is 1. The monoisotopic (exact) mass is 428 g/mol. The van der Waals surface area contributed by atoms with Crippen LogP contribution in [0.25, 0.3) is 0 Å². The number of thioether (sulfide) groups is 1. The quantitative estimate of drug-likeness (QED) is 0.569. The molecule has 1 atom stereocenters. The number of carbonyl (C=O) groups is 2. The second-order valence-electron chi connectivity index (χ2n) is 7.66. The zero-order chi connectivity index (χ0) is 21.5. The molecule has 1 unspecified atom stereocenters. The van der Waals surface area contributed by atoms with Gasteiger partial charge in [0.2, 0.25) is 0 Å². The van der Waals surface area contributed by atoms with Gasteiger partial charge in [0.25, 0.3) is 11.8 Å². The number of para-hydroxylation sites is 1. The first-order valence-electron chi connectivity index (χ1n) is 10.2. The highest BCUT2D eigenvalue weighted by Crippen LogP contribution is 2.28. The molecule has 2 aromatic rings. The van der Waals surface area contributed by atoms with Crippen molar-refractivity contribution in [3.05, 3.63) is 54.1 Å². The molecule has 2 N–H and O–H groups in total. The van der Waals surface area contributed by atoms with Gasteiger partial charge in [0.05, 0.1) is 19.8 Å². The molecule has 2 amide bonds. The van der Waals surface area contributed by atoms with Gasteiger partial charge in [0.15, 0.2) is 13.1 Å². The molecule has 160 valence electrons. The van der Waals surface area contributed by atoms with Crippen LogP contribution >= 0.6 is 11.8 Å². The molecule has 30 heavy (non-hydrogen) atoms. The molecule has 1 aliphatic rings. The topological polar surface area (TPSA) is 63.1 Å². The number of hydrogen-bond acceptors (Lipinski definition) is 4. The number of hydrogen-bond donors (Lipinski definition) is 2. The van der Waals surface area contributed by atoms with Crippen molar-refractivity contribution in [1.82, 2.24) is 4.90 Å². The Hall–Kier alpha value is -2.51. The van der Waals surface area contributed by atoms with Crippen LogP contribution < -0.4 is 15.0 Å². The van der Waals surface area contributed by atoms with Crippen molar-refractivity contribution in [1.29, 1.82) is 0 Å². The number of methoxy groups -OCH3 is 1. The Labute approximate surface area is 182 Å². The average molecular weight is 429 g/mol. The lowest BCUT2D eigenvalue weighted by Gasteiger charge is -2.24. The van der Waals surface area contributed by atoms with E-state index in [4.69, 9.17) is 4.74 Å². The Morgan fingerprint density at radius 2 is 1.83 bits per heavy atom. The van der Waals surface area contributed by atoms with Crippen LogP contribution in [0.1, 0.15) is 18.4 Å². The van der Waals surface area contributed by atoms with E-state index in [0.29, 0.717) is 19.1 Å². The molecule has 0 bridgehead atoms. The molecule has 7 heteroatoms. The van der Waals surface area contributed by atoms with Crippen molar-refractivity contribution >= 4 is 29.3 Å². The van der Waals surface area contributed by atoms with Crippen molar-refractivity contribution < 1.29 is 19.2 Å². The van der Waals surface area contributed by atoms with E-state index in [0.717, 1.165) is 39.6 Å². The van der Waals surface area contributed by atoms with Crippen molar-refractivity contribution in [3.8, 4) is 5.75 Å². The minimum Gasteiger partial charge on any atom is -0.497 e. The molecule has 0 radical (unpaired) electrons. The van der Waals surface area contributed by atoms with Gasteiger partial charge in [0.1, 0.15) is 5.75 Å². The summed E-state index contributed by atoms with van der Waals surface area (Å²) in [7, 11) is 3.53. The van der Waals surface area contributed by atoms with Crippen LogP contribution in [-0.4, -0.2) is 56.3 Å². The number of anilines is 1. The van der Waals surface area contributed by atoms with E-state index in [-0.39, 0.29) is 18.4 Å². The molecule has 0 heterocycles. The van der Waals surface area contributed by atoms with Gasteiger partial charge >= 0.3 is 0 Å². The SMILES string of the molecule is COc1ccc(CN(C(=O)C[NH+](C)CC(=O)Nc2ccccc2SC)C2CC2)cc1. The highest BCUT2D eigenvalue weighted by Gasteiger charge is 2.33. The number of quaternary nitrogens is 1. The van der Waals surface area contributed by atoms with Crippen molar-refractivity contribution in [2.24, 2.45) is 0 Å². The molecule has 0 spiro atoms. The van der Waals surface area contributed by atoms with Gasteiger partial charge in [-0.15, -0.1) is 11.8 Å². The summed E-state index contributed by atoms with van der Waals surface area (Å²) in [5.41, 5.74) is 1.90. The van der Waals surface area contributed by atoms with E-state index in [1.165, 1.54) is 0 Å². The molecule has 1 fully saturated rings. The largest absolute Gasteiger partial charge is 0.497 e. The number of carbonyl (C=O) groups excluding carboxylic acids is 2. The first kappa shape index (κ1) is 22.2. The lowest BCUT2D eigenvalue weighted by Crippen LogP contribution is -3.11. The Balaban J connectivity index is 1.54. The average Bonchev–Trinajstić information content (AvgIpc) is 3.57. The van der Waals surface area contributed by atoms with Crippen LogP contribution in [0.15, 0.2) is 53.4 Å². The Morgan fingerprint density at radius 1 is 1.13 bits per heavy atom. The normalized spacial score (nSPS) is 14.1. The number of amides is 2. The van der Waals surface area contributed by atoms with Gasteiger partial charge in [-0.3, -0.25) is 9.59 Å². The first-order valence-corrected chi connectivity index (χ1v) is 11.4. The van der Waals surface area contributed by atoms with E-state index in [1.54, 1.807) is 18.9 Å². The van der Waals surface area contributed by atoms with E-state index >= 15 is 0 Å². The summed E-state index contributed by atoms with van der Waals surface area (Å²) in [6.45, 7) is 1.13. The maximum atomic E-state index is 12.9. The third kappa shape index (κ3) is 6.24. The fourth-order valence-electron chi connectivity index (χ4n) is 3.37. The number of rotatable bonds is 10. The second kappa shape index (κ2) is 10.5. The molecule has 1 saturated carbocycles. The third-order valence-corrected chi connectivity index (χ3v) is 5.91. The van der Waals surface area contributed by atoms with Crippen LogP contribution in [-0.2, 0) is 16.1 Å². The van der Waals surface area contributed by atoms with Crippen LogP contribution in [0.4, 0.5) is 5.69 Å². The summed E-state index contributed by atoms with van der Waals surface area (Å²) >= 11 is 1.59. The molecule has 0 aliphatic heterocycles. The van der Waals surface area contributed by atoms with E-state index in [1.807, 2.05) is 66.7 Å². The zero-order valence-corrected chi connectivity index (χ0v) is 18.6. The lowest BCUT2D eigenvalue weighted by atomic mass is 10.2.